The average Bonchev–Trinajstić information content (AvgIpc) is 2.26. The molecule has 4 heteroatoms. The Labute approximate surface area is 121 Å². The highest BCUT2D eigenvalue weighted by atomic mass is 79.9. The maximum atomic E-state index is 11.8. The molecule has 0 spiro atoms. The number of halogens is 1. The van der Waals surface area contributed by atoms with Crippen LogP contribution in [0.2, 0.25) is 0 Å². The molecule has 2 rings (SSSR count). The summed E-state index contributed by atoms with van der Waals surface area (Å²) in [5.74, 6) is 0.627. The first-order valence-corrected chi connectivity index (χ1v) is 6.95. The van der Waals surface area contributed by atoms with Gasteiger partial charge in [-0.1, -0.05) is 36.7 Å². The molecule has 19 heavy (non-hydrogen) atoms. The Morgan fingerprint density at radius 3 is 2.47 bits per heavy atom. The third-order valence-electron chi connectivity index (χ3n) is 2.95. The second kappa shape index (κ2) is 4.93. The van der Waals surface area contributed by atoms with Crippen LogP contribution in [0.5, 0.6) is 0 Å². The lowest BCUT2D eigenvalue weighted by molar-refractivity contribution is 0.566. The number of nitrogens with zero attached hydrogens (tertiary/aromatic N) is 1. The van der Waals surface area contributed by atoms with Gasteiger partial charge in [0.05, 0.1) is 5.69 Å². The summed E-state index contributed by atoms with van der Waals surface area (Å²) in [5.41, 5.74) is 2.56. The smallest absolute Gasteiger partial charge is 0.251 e. The van der Waals surface area contributed by atoms with Gasteiger partial charge in [-0.05, 0) is 30.7 Å². The van der Waals surface area contributed by atoms with Crippen LogP contribution in [0.3, 0.4) is 0 Å². The Hall–Kier alpha value is -1.42. The van der Waals surface area contributed by atoms with Gasteiger partial charge in [0.15, 0.2) is 0 Å². The largest absolute Gasteiger partial charge is 0.307 e. The molecule has 0 aliphatic heterocycles. The van der Waals surface area contributed by atoms with Crippen molar-refractivity contribution in [3.8, 4) is 11.4 Å². The van der Waals surface area contributed by atoms with Crippen molar-refractivity contribution in [3.05, 3.63) is 50.3 Å². The van der Waals surface area contributed by atoms with Crippen LogP contribution in [0.15, 0.2) is 33.5 Å². The van der Waals surface area contributed by atoms with E-state index in [-0.39, 0.29) is 11.0 Å². The molecular weight excluding hydrogens is 304 g/mol. The molecule has 0 radical (unpaired) electrons. The number of rotatable bonds is 1. The fourth-order valence-electron chi connectivity index (χ4n) is 1.86. The van der Waals surface area contributed by atoms with Crippen LogP contribution in [-0.2, 0) is 5.41 Å². The second-order valence-corrected chi connectivity index (χ2v) is 6.60. The highest BCUT2D eigenvalue weighted by Gasteiger charge is 2.18. The van der Waals surface area contributed by atoms with Gasteiger partial charge in [0.1, 0.15) is 5.82 Å². The lowest BCUT2D eigenvalue weighted by atomic mass is 9.92. The molecule has 1 aromatic carbocycles. The van der Waals surface area contributed by atoms with E-state index in [1.807, 2.05) is 45.9 Å². The summed E-state index contributed by atoms with van der Waals surface area (Å²) in [5, 5.41) is 0. The van der Waals surface area contributed by atoms with E-state index >= 15 is 0 Å². The van der Waals surface area contributed by atoms with Crippen LogP contribution in [0, 0.1) is 6.92 Å². The van der Waals surface area contributed by atoms with Gasteiger partial charge in [-0.3, -0.25) is 4.79 Å². The van der Waals surface area contributed by atoms with Crippen LogP contribution < -0.4 is 5.56 Å². The molecule has 1 aromatic heterocycles. The number of hydrogen-bond acceptors (Lipinski definition) is 2. The molecule has 0 saturated carbocycles. The highest BCUT2D eigenvalue weighted by molar-refractivity contribution is 9.10. The molecule has 1 N–H and O–H groups in total. The molecule has 0 aliphatic rings. The second-order valence-electron chi connectivity index (χ2n) is 5.69. The van der Waals surface area contributed by atoms with E-state index in [4.69, 9.17) is 0 Å². The van der Waals surface area contributed by atoms with Crippen molar-refractivity contribution in [1.29, 1.82) is 0 Å². The van der Waals surface area contributed by atoms with Crippen molar-refractivity contribution in [2.24, 2.45) is 0 Å². The molecule has 0 atom stereocenters. The van der Waals surface area contributed by atoms with E-state index in [1.165, 1.54) is 0 Å². The highest BCUT2D eigenvalue weighted by Crippen LogP contribution is 2.25. The fourth-order valence-corrected chi connectivity index (χ4v) is 2.34. The van der Waals surface area contributed by atoms with E-state index < -0.39 is 0 Å². The maximum Gasteiger partial charge on any atom is 0.251 e. The van der Waals surface area contributed by atoms with Crippen molar-refractivity contribution in [2.75, 3.05) is 0 Å². The minimum atomic E-state index is -0.147. The lowest BCUT2D eigenvalue weighted by Gasteiger charge is -2.18. The van der Waals surface area contributed by atoms with E-state index in [0.29, 0.717) is 5.82 Å². The molecule has 2 aromatic rings. The average molecular weight is 321 g/mol. The van der Waals surface area contributed by atoms with E-state index in [0.717, 1.165) is 21.3 Å². The molecule has 3 nitrogen and oxygen atoms in total. The topological polar surface area (TPSA) is 45.8 Å². The third kappa shape index (κ3) is 3.13. The zero-order chi connectivity index (χ0) is 14.2. The van der Waals surface area contributed by atoms with Gasteiger partial charge in [0.2, 0.25) is 0 Å². The number of nitrogens with one attached hydrogen (secondary N) is 1. The number of benzene rings is 1. The lowest BCUT2D eigenvalue weighted by Crippen LogP contribution is -2.20. The molecule has 0 saturated heterocycles. The van der Waals surface area contributed by atoms with Gasteiger partial charge in [-0.25, -0.2) is 4.98 Å². The standard InChI is InChI=1S/C15H17BrN2O/c1-9-7-10(16)5-6-11(9)14-17-12(15(2,3)4)8-13(19)18-14/h5-8H,1-4H3,(H,17,18,19). The van der Waals surface area contributed by atoms with Crippen LogP contribution >= 0.6 is 15.9 Å². The minimum absolute atomic E-state index is 0.114. The first-order chi connectivity index (χ1) is 8.77. The van der Waals surface area contributed by atoms with Crippen molar-refractivity contribution < 1.29 is 0 Å². The number of aromatic amines is 1. The van der Waals surface area contributed by atoms with Gasteiger partial charge >= 0.3 is 0 Å². The van der Waals surface area contributed by atoms with E-state index in [2.05, 4.69) is 25.9 Å². The fraction of sp³-hybridized carbons (Fsp3) is 0.333. The summed E-state index contributed by atoms with van der Waals surface area (Å²) < 4.78 is 1.02. The van der Waals surface area contributed by atoms with Crippen molar-refractivity contribution >= 4 is 15.9 Å². The monoisotopic (exact) mass is 320 g/mol. The summed E-state index contributed by atoms with van der Waals surface area (Å²) in [6.07, 6.45) is 0. The van der Waals surface area contributed by atoms with Crippen molar-refractivity contribution in [3.63, 3.8) is 0 Å². The van der Waals surface area contributed by atoms with Crippen LogP contribution in [0.25, 0.3) is 11.4 Å². The summed E-state index contributed by atoms with van der Waals surface area (Å²) >= 11 is 3.44. The zero-order valence-corrected chi connectivity index (χ0v) is 13.1. The summed E-state index contributed by atoms with van der Waals surface area (Å²) in [7, 11) is 0. The molecule has 1 heterocycles. The number of H-pyrrole nitrogens is 1. The van der Waals surface area contributed by atoms with Gasteiger partial charge < -0.3 is 4.98 Å². The number of aromatic nitrogens is 2. The first kappa shape index (κ1) is 14.0. The molecule has 0 fully saturated rings. The van der Waals surface area contributed by atoms with Crippen LogP contribution in [0.4, 0.5) is 0 Å². The Bertz CT molecular complexity index is 669. The SMILES string of the molecule is Cc1cc(Br)ccc1-c1nc(C(C)(C)C)cc(=O)[nH]1. The van der Waals surface area contributed by atoms with Crippen molar-refractivity contribution in [2.45, 2.75) is 33.1 Å². The summed E-state index contributed by atoms with van der Waals surface area (Å²) in [4.78, 5) is 19.2. The molecule has 0 bridgehead atoms. The van der Waals surface area contributed by atoms with Gasteiger partial charge in [-0.2, -0.15) is 0 Å². The minimum Gasteiger partial charge on any atom is -0.307 e. The van der Waals surface area contributed by atoms with Crippen LogP contribution in [-0.4, -0.2) is 9.97 Å². The molecule has 100 valence electrons. The Kier molecular flexibility index (Phi) is 3.63. The van der Waals surface area contributed by atoms with E-state index in [9.17, 15) is 4.79 Å². The summed E-state index contributed by atoms with van der Waals surface area (Å²) in [6, 6.07) is 7.49. The maximum absolute atomic E-state index is 11.8. The molecule has 0 unspecified atom stereocenters. The van der Waals surface area contributed by atoms with E-state index in [1.54, 1.807) is 6.07 Å². The van der Waals surface area contributed by atoms with Crippen molar-refractivity contribution in [1.82, 2.24) is 9.97 Å². The number of hydrogen-bond donors (Lipinski definition) is 1. The van der Waals surface area contributed by atoms with Gasteiger partial charge in [0.25, 0.3) is 5.56 Å². The molecule has 0 amide bonds. The zero-order valence-electron chi connectivity index (χ0n) is 11.5. The third-order valence-corrected chi connectivity index (χ3v) is 3.45. The van der Waals surface area contributed by atoms with Gasteiger partial charge in [0, 0.05) is 21.5 Å². The predicted molar refractivity (Wildman–Crippen MR) is 81.4 cm³/mol. The molecule has 0 aliphatic carbocycles. The Morgan fingerprint density at radius 1 is 1.21 bits per heavy atom. The quantitative estimate of drug-likeness (QED) is 0.868. The molecular formula is C15H17BrN2O. The number of aryl methyl sites for hydroxylation is 1. The Balaban J connectivity index is 2.63. The predicted octanol–water partition coefficient (Wildman–Crippen LogP) is 3.81. The first-order valence-electron chi connectivity index (χ1n) is 6.16. The Morgan fingerprint density at radius 2 is 1.89 bits per heavy atom. The van der Waals surface area contributed by atoms with Crippen LogP contribution in [0.1, 0.15) is 32.0 Å². The van der Waals surface area contributed by atoms with Gasteiger partial charge in [-0.15, -0.1) is 0 Å². The summed E-state index contributed by atoms with van der Waals surface area (Å²) in [6.45, 7) is 8.15. The normalized spacial score (nSPS) is 11.6.